The number of rotatable bonds is 5. The zero-order valence-electron chi connectivity index (χ0n) is 9.20. The number of carboxylic acid groups (broad SMARTS) is 1. The summed E-state index contributed by atoms with van der Waals surface area (Å²) in [5.74, 6) is -4.34. The molecule has 4 nitrogen and oxygen atoms in total. The molecule has 3 atom stereocenters. The molecule has 3 N–H and O–H groups in total. The molecule has 3 unspecified atom stereocenters. The van der Waals surface area contributed by atoms with Crippen LogP contribution in [0.3, 0.4) is 0 Å². The van der Waals surface area contributed by atoms with Gasteiger partial charge in [-0.1, -0.05) is 6.42 Å². The molecule has 17 heavy (non-hydrogen) atoms. The topological polar surface area (TPSA) is 69.6 Å². The Morgan fingerprint density at radius 2 is 2.06 bits per heavy atom. The second-order valence-electron chi connectivity index (χ2n) is 4.35. The standard InChI is InChI=1S/C10H16F3NO3/c11-10(12,13)7(9(16)17)5-14-4-6-2-1-3-8(6)15/h6-8,14-15H,1-5H2,(H,16,17). The fourth-order valence-electron chi connectivity index (χ4n) is 2.01. The van der Waals surface area contributed by atoms with Crippen LogP contribution in [0.5, 0.6) is 0 Å². The summed E-state index contributed by atoms with van der Waals surface area (Å²) in [5.41, 5.74) is 0. The van der Waals surface area contributed by atoms with Crippen LogP contribution in [-0.2, 0) is 4.79 Å². The molecular formula is C10H16F3NO3. The van der Waals surface area contributed by atoms with Crippen LogP contribution in [0.1, 0.15) is 19.3 Å². The van der Waals surface area contributed by atoms with Crippen molar-refractivity contribution in [3.63, 3.8) is 0 Å². The van der Waals surface area contributed by atoms with E-state index in [9.17, 15) is 23.1 Å². The molecule has 0 aromatic carbocycles. The van der Waals surface area contributed by atoms with Crippen LogP contribution < -0.4 is 5.32 Å². The Hall–Kier alpha value is -0.820. The Balaban J connectivity index is 2.35. The molecule has 0 aromatic rings. The summed E-state index contributed by atoms with van der Waals surface area (Å²) in [4.78, 5) is 10.4. The number of aliphatic hydroxyl groups is 1. The molecule has 100 valence electrons. The first-order valence-electron chi connectivity index (χ1n) is 5.50. The van der Waals surface area contributed by atoms with Crippen LogP contribution in [-0.4, -0.2) is 41.6 Å². The zero-order chi connectivity index (χ0) is 13.1. The maximum atomic E-state index is 12.3. The SMILES string of the molecule is O=C(O)C(CNCC1CCCC1O)C(F)(F)F. The van der Waals surface area contributed by atoms with Gasteiger partial charge in [-0.15, -0.1) is 0 Å². The van der Waals surface area contributed by atoms with Gasteiger partial charge in [0.05, 0.1) is 6.10 Å². The highest BCUT2D eigenvalue weighted by Crippen LogP contribution is 2.27. The van der Waals surface area contributed by atoms with E-state index < -0.39 is 30.7 Å². The Bertz CT molecular complexity index is 270. The lowest BCUT2D eigenvalue weighted by atomic mass is 10.1. The molecule has 1 fully saturated rings. The second kappa shape index (κ2) is 5.68. The molecule has 1 aliphatic carbocycles. The van der Waals surface area contributed by atoms with Gasteiger partial charge in [-0.2, -0.15) is 13.2 Å². The van der Waals surface area contributed by atoms with Crippen LogP contribution in [0, 0.1) is 11.8 Å². The lowest BCUT2D eigenvalue weighted by molar-refractivity contribution is -0.192. The highest BCUT2D eigenvalue weighted by molar-refractivity contribution is 5.71. The summed E-state index contributed by atoms with van der Waals surface area (Å²) in [6.07, 6.45) is -2.95. The number of alkyl halides is 3. The molecule has 0 saturated heterocycles. The third kappa shape index (κ3) is 4.16. The molecule has 1 aliphatic rings. The summed E-state index contributed by atoms with van der Waals surface area (Å²) in [6, 6.07) is 0. The number of carbonyl (C=O) groups is 1. The molecule has 0 aromatic heterocycles. The van der Waals surface area contributed by atoms with Crippen molar-refractivity contribution in [1.29, 1.82) is 0 Å². The van der Waals surface area contributed by atoms with Crippen LogP contribution >= 0.6 is 0 Å². The Labute approximate surface area is 96.8 Å². The molecule has 0 aliphatic heterocycles. The normalized spacial score (nSPS) is 27.1. The lowest BCUT2D eigenvalue weighted by Gasteiger charge is -2.19. The molecule has 0 spiro atoms. The number of halogens is 3. The largest absolute Gasteiger partial charge is 0.481 e. The first-order valence-corrected chi connectivity index (χ1v) is 5.50. The molecule has 0 heterocycles. The summed E-state index contributed by atoms with van der Waals surface area (Å²) >= 11 is 0. The minimum Gasteiger partial charge on any atom is -0.481 e. The number of nitrogens with one attached hydrogen (secondary N) is 1. The highest BCUT2D eigenvalue weighted by Gasteiger charge is 2.44. The predicted octanol–water partition coefficient (Wildman–Crippen LogP) is 1.00. The summed E-state index contributed by atoms with van der Waals surface area (Å²) in [6.45, 7) is -0.427. The average Bonchev–Trinajstić information content (AvgIpc) is 2.56. The van der Waals surface area contributed by atoms with Crippen molar-refractivity contribution in [3.05, 3.63) is 0 Å². The van der Waals surface area contributed by atoms with Crippen molar-refractivity contribution in [3.8, 4) is 0 Å². The summed E-state index contributed by atoms with van der Waals surface area (Å²) < 4.78 is 36.8. The first kappa shape index (κ1) is 14.2. The monoisotopic (exact) mass is 255 g/mol. The number of hydrogen-bond acceptors (Lipinski definition) is 3. The highest BCUT2D eigenvalue weighted by atomic mass is 19.4. The van der Waals surface area contributed by atoms with Crippen molar-refractivity contribution in [1.82, 2.24) is 5.32 Å². The van der Waals surface area contributed by atoms with Gasteiger partial charge < -0.3 is 15.5 Å². The van der Waals surface area contributed by atoms with E-state index in [1.165, 1.54) is 0 Å². The zero-order valence-corrected chi connectivity index (χ0v) is 9.20. The van der Waals surface area contributed by atoms with Gasteiger partial charge in [0.1, 0.15) is 0 Å². The maximum absolute atomic E-state index is 12.3. The third-order valence-electron chi connectivity index (χ3n) is 3.07. The van der Waals surface area contributed by atoms with Gasteiger partial charge in [0.15, 0.2) is 5.92 Å². The summed E-state index contributed by atoms with van der Waals surface area (Å²) in [5, 5.41) is 20.4. The van der Waals surface area contributed by atoms with Gasteiger partial charge in [0.2, 0.25) is 0 Å². The fourth-order valence-corrected chi connectivity index (χ4v) is 2.01. The number of hydrogen-bond donors (Lipinski definition) is 3. The number of carboxylic acids is 1. The van der Waals surface area contributed by atoms with Crippen LogP contribution in [0.4, 0.5) is 13.2 Å². The van der Waals surface area contributed by atoms with Crippen molar-refractivity contribution in [2.24, 2.45) is 11.8 Å². The van der Waals surface area contributed by atoms with Gasteiger partial charge in [-0.25, -0.2) is 0 Å². The maximum Gasteiger partial charge on any atom is 0.403 e. The number of aliphatic hydroxyl groups excluding tert-OH is 1. The molecule has 0 amide bonds. The molecule has 7 heteroatoms. The van der Waals surface area contributed by atoms with Crippen LogP contribution in [0.15, 0.2) is 0 Å². The molecule has 1 saturated carbocycles. The minimum atomic E-state index is -4.74. The van der Waals surface area contributed by atoms with E-state index in [2.05, 4.69) is 5.32 Å². The molecule has 0 radical (unpaired) electrons. The van der Waals surface area contributed by atoms with Gasteiger partial charge >= 0.3 is 12.1 Å². The van der Waals surface area contributed by atoms with Gasteiger partial charge in [0, 0.05) is 13.1 Å². The number of aliphatic carboxylic acids is 1. The lowest BCUT2D eigenvalue weighted by Crippen LogP contribution is -2.41. The van der Waals surface area contributed by atoms with Gasteiger partial charge in [-0.05, 0) is 18.8 Å². The van der Waals surface area contributed by atoms with Crippen molar-refractivity contribution in [2.45, 2.75) is 31.5 Å². The van der Waals surface area contributed by atoms with Gasteiger partial charge in [0.25, 0.3) is 0 Å². The Morgan fingerprint density at radius 3 is 2.47 bits per heavy atom. The predicted molar refractivity (Wildman–Crippen MR) is 53.4 cm³/mol. The van der Waals surface area contributed by atoms with Crippen molar-refractivity contribution in [2.75, 3.05) is 13.1 Å². The van der Waals surface area contributed by atoms with E-state index in [1.807, 2.05) is 0 Å². The van der Waals surface area contributed by atoms with Crippen molar-refractivity contribution < 1.29 is 28.2 Å². The van der Waals surface area contributed by atoms with Crippen LogP contribution in [0.25, 0.3) is 0 Å². The van der Waals surface area contributed by atoms with E-state index in [0.29, 0.717) is 6.42 Å². The van der Waals surface area contributed by atoms with Crippen LogP contribution in [0.2, 0.25) is 0 Å². The fraction of sp³-hybridized carbons (Fsp3) is 0.900. The smallest absolute Gasteiger partial charge is 0.403 e. The average molecular weight is 255 g/mol. The van der Waals surface area contributed by atoms with E-state index in [1.54, 1.807) is 0 Å². The Kier molecular flexibility index (Phi) is 4.76. The van der Waals surface area contributed by atoms with Crippen molar-refractivity contribution >= 4 is 5.97 Å². The van der Waals surface area contributed by atoms with Gasteiger partial charge in [-0.3, -0.25) is 4.79 Å². The molecule has 1 rings (SSSR count). The van der Waals surface area contributed by atoms with E-state index in [4.69, 9.17) is 5.11 Å². The van der Waals surface area contributed by atoms with E-state index in [-0.39, 0.29) is 12.5 Å². The first-order chi connectivity index (χ1) is 7.82. The Morgan fingerprint density at radius 1 is 1.41 bits per heavy atom. The third-order valence-corrected chi connectivity index (χ3v) is 3.07. The molecule has 0 bridgehead atoms. The quantitative estimate of drug-likeness (QED) is 0.685. The summed E-state index contributed by atoms with van der Waals surface area (Å²) in [7, 11) is 0. The second-order valence-corrected chi connectivity index (χ2v) is 4.35. The van der Waals surface area contributed by atoms with E-state index in [0.717, 1.165) is 12.8 Å². The van der Waals surface area contributed by atoms with E-state index >= 15 is 0 Å². The minimum absolute atomic E-state index is 0.0716. The molecular weight excluding hydrogens is 239 g/mol.